The van der Waals surface area contributed by atoms with Gasteiger partial charge in [-0.3, -0.25) is 10.1 Å². The largest absolute Gasteiger partial charge is 0.394 e. The number of aliphatic hydroxyl groups excluding tert-OH is 1. The zero-order valence-corrected chi connectivity index (χ0v) is 12.0. The average Bonchev–Trinajstić information content (AvgIpc) is 2.66. The van der Waals surface area contributed by atoms with Gasteiger partial charge in [-0.15, -0.1) is 0 Å². The van der Waals surface area contributed by atoms with Crippen molar-refractivity contribution < 1.29 is 9.90 Å². The molecule has 0 saturated carbocycles. The molecule has 0 aromatic heterocycles. The number of carbonyl (C=O) groups is 1. The third-order valence-electron chi connectivity index (χ3n) is 3.98. The smallest absolute Gasteiger partial charge is 0.239 e. The Balaban J connectivity index is 2.54. The normalized spacial score (nSPS) is 22.1. The predicted molar refractivity (Wildman–Crippen MR) is 73.4 cm³/mol. The lowest BCUT2D eigenvalue weighted by Crippen LogP contribution is -2.55. The Morgan fingerprint density at radius 1 is 1.33 bits per heavy atom. The maximum absolute atomic E-state index is 12.3. The van der Waals surface area contributed by atoms with Crippen LogP contribution in [0.3, 0.4) is 0 Å². The number of amides is 1. The van der Waals surface area contributed by atoms with Gasteiger partial charge in [0.15, 0.2) is 0 Å². The van der Waals surface area contributed by atoms with E-state index in [9.17, 15) is 9.90 Å². The van der Waals surface area contributed by atoms with Crippen molar-refractivity contribution in [1.82, 2.24) is 10.2 Å². The Morgan fingerprint density at radius 3 is 2.33 bits per heavy atom. The van der Waals surface area contributed by atoms with E-state index in [1.807, 2.05) is 25.7 Å². The Bertz CT molecular complexity index is 257. The molecule has 4 heteroatoms. The molecule has 1 aliphatic heterocycles. The van der Waals surface area contributed by atoms with Crippen LogP contribution in [0.25, 0.3) is 0 Å². The van der Waals surface area contributed by atoms with Crippen molar-refractivity contribution in [3.8, 4) is 0 Å². The number of likely N-dealkylation sites (tertiary alicyclic amines) is 1. The van der Waals surface area contributed by atoms with Crippen LogP contribution in [0.4, 0.5) is 0 Å². The van der Waals surface area contributed by atoms with E-state index in [0.29, 0.717) is 0 Å². The summed E-state index contributed by atoms with van der Waals surface area (Å²) >= 11 is 0. The van der Waals surface area contributed by atoms with Gasteiger partial charge in [-0.1, -0.05) is 19.8 Å². The highest BCUT2D eigenvalue weighted by Crippen LogP contribution is 2.13. The fourth-order valence-electron chi connectivity index (χ4n) is 2.41. The van der Waals surface area contributed by atoms with E-state index in [-0.39, 0.29) is 24.1 Å². The molecule has 4 nitrogen and oxygen atoms in total. The fourth-order valence-corrected chi connectivity index (χ4v) is 2.41. The molecular weight excluding hydrogens is 228 g/mol. The molecule has 1 heterocycles. The van der Waals surface area contributed by atoms with Crippen LogP contribution >= 0.6 is 0 Å². The number of nitrogens with zero attached hydrogens (tertiary/aromatic N) is 1. The van der Waals surface area contributed by atoms with Crippen molar-refractivity contribution in [3.05, 3.63) is 0 Å². The molecule has 0 aromatic carbocycles. The van der Waals surface area contributed by atoms with E-state index in [0.717, 1.165) is 32.4 Å². The molecule has 1 aliphatic rings. The Labute approximate surface area is 111 Å². The van der Waals surface area contributed by atoms with Crippen LogP contribution in [-0.4, -0.2) is 47.2 Å². The molecule has 1 saturated heterocycles. The number of carbonyl (C=O) groups excluding carboxylic acids is 1. The van der Waals surface area contributed by atoms with E-state index >= 15 is 0 Å². The molecule has 18 heavy (non-hydrogen) atoms. The summed E-state index contributed by atoms with van der Waals surface area (Å²) in [5, 5.41) is 12.7. The summed E-state index contributed by atoms with van der Waals surface area (Å²) in [7, 11) is 0. The number of nitrogens with one attached hydrogen (secondary N) is 1. The zero-order chi connectivity index (χ0) is 13.6. The summed E-state index contributed by atoms with van der Waals surface area (Å²) in [5.41, 5.74) is -0.360. The first-order valence-electron chi connectivity index (χ1n) is 7.20. The second-order valence-electron chi connectivity index (χ2n) is 5.68. The van der Waals surface area contributed by atoms with E-state index in [1.165, 1.54) is 12.8 Å². The minimum Gasteiger partial charge on any atom is -0.394 e. The minimum atomic E-state index is -0.360. The molecular formula is C14H28N2O2. The maximum atomic E-state index is 12.3. The number of aliphatic hydroxyl groups is 1. The molecule has 2 atom stereocenters. The van der Waals surface area contributed by atoms with Gasteiger partial charge in [-0.25, -0.2) is 0 Å². The molecule has 106 valence electrons. The molecule has 0 aliphatic carbocycles. The summed E-state index contributed by atoms with van der Waals surface area (Å²) < 4.78 is 0. The standard InChI is InChI=1S/C14H28N2O2/c1-4-14(3,11-17)15-12(2)13(18)16-9-7-5-6-8-10-16/h12,15,17H,4-11H2,1-3H3. The van der Waals surface area contributed by atoms with Gasteiger partial charge < -0.3 is 10.0 Å². The highest BCUT2D eigenvalue weighted by atomic mass is 16.3. The van der Waals surface area contributed by atoms with Crippen LogP contribution in [0.5, 0.6) is 0 Å². The lowest BCUT2D eigenvalue weighted by Gasteiger charge is -2.33. The van der Waals surface area contributed by atoms with Gasteiger partial charge in [0.25, 0.3) is 0 Å². The predicted octanol–water partition coefficient (Wildman–Crippen LogP) is 1.53. The minimum absolute atomic E-state index is 0.0567. The van der Waals surface area contributed by atoms with Gasteiger partial charge in [0.1, 0.15) is 0 Å². The molecule has 1 fully saturated rings. The van der Waals surface area contributed by atoms with Gasteiger partial charge in [-0.2, -0.15) is 0 Å². The van der Waals surface area contributed by atoms with Gasteiger partial charge in [-0.05, 0) is 33.1 Å². The van der Waals surface area contributed by atoms with Crippen LogP contribution in [0.15, 0.2) is 0 Å². The highest BCUT2D eigenvalue weighted by molar-refractivity contribution is 5.81. The van der Waals surface area contributed by atoms with Gasteiger partial charge >= 0.3 is 0 Å². The van der Waals surface area contributed by atoms with Crippen LogP contribution in [0.1, 0.15) is 52.9 Å². The fraction of sp³-hybridized carbons (Fsp3) is 0.929. The van der Waals surface area contributed by atoms with Crippen molar-refractivity contribution in [3.63, 3.8) is 0 Å². The average molecular weight is 256 g/mol. The van der Waals surface area contributed by atoms with E-state index in [2.05, 4.69) is 5.32 Å². The first-order valence-corrected chi connectivity index (χ1v) is 7.20. The molecule has 0 radical (unpaired) electrons. The summed E-state index contributed by atoms with van der Waals surface area (Å²) in [6.07, 6.45) is 5.50. The maximum Gasteiger partial charge on any atom is 0.239 e. The summed E-state index contributed by atoms with van der Waals surface area (Å²) in [6, 6.07) is -0.222. The van der Waals surface area contributed by atoms with Crippen LogP contribution in [0.2, 0.25) is 0 Å². The van der Waals surface area contributed by atoms with Crippen LogP contribution in [0, 0.1) is 0 Å². The first-order chi connectivity index (χ1) is 8.52. The Hall–Kier alpha value is -0.610. The third kappa shape index (κ3) is 4.25. The summed E-state index contributed by atoms with van der Waals surface area (Å²) in [6.45, 7) is 7.70. The Morgan fingerprint density at radius 2 is 1.89 bits per heavy atom. The topological polar surface area (TPSA) is 52.6 Å². The van der Waals surface area contributed by atoms with Gasteiger partial charge in [0, 0.05) is 18.6 Å². The van der Waals surface area contributed by atoms with E-state index < -0.39 is 0 Å². The van der Waals surface area contributed by atoms with Crippen molar-refractivity contribution in [1.29, 1.82) is 0 Å². The van der Waals surface area contributed by atoms with Crippen LogP contribution < -0.4 is 5.32 Å². The monoisotopic (exact) mass is 256 g/mol. The van der Waals surface area contributed by atoms with Crippen molar-refractivity contribution in [2.75, 3.05) is 19.7 Å². The molecule has 0 aromatic rings. The number of hydrogen-bond donors (Lipinski definition) is 2. The van der Waals surface area contributed by atoms with Crippen molar-refractivity contribution in [2.45, 2.75) is 64.5 Å². The molecule has 1 amide bonds. The van der Waals surface area contributed by atoms with E-state index in [4.69, 9.17) is 0 Å². The quantitative estimate of drug-likeness (QED) is 0.784. The summed E-state index contributed by atoms with van der Waals surface area (Å²) in [4.78, 5) is 14.3. The highest BCUT2D eigenvalue weighted by Gasteiger charge is 2.28. The second kappa shape index (κ2) is 7.10. The Kier molecular flexibility index (Phi) is 6.09. The molecule has 2 N–H and O–H groups in total. The third-order valence-corrected chi connectivity index (χ3v) is 3.98. The molecule has 0 spiro atoms. The summed E-state index contributed by atoms with van der Waals surface area (Å²) in [5.74, 6) is 0.171. The van der Waals surface area contributed by atoms with Crippen LogP contribution in [-0.2, 0) is 4.79 Å². The lowest BCUT2D eigenvalue weighted by molar-refractivity contribution is -0.133. The lowest BCUT2D eigenvalue weighted by atomic mass is 9.99. The zero-order valence-electron chi connectivity index (χ0n) is 12.0. The molecule has 2 unspecified atom stereocenters. The van der Waals surface area contributed by atoms with E-state index in [1.54, 1.807) is 0 Å². The first kappa shape index (κ1) is 15.4. The van der Waals surface area contributed by atoms with Gasteiger partial charge in [0.05, 0.1) is 12.6 Å². The molecule has 0 bridgehead atoms. The number of hydrogen-bond acceptors (Lipinski definition) is 3. The van der Waals surface area contributed by atoms with Crippen molar-refractivity contribution in [2.24, 2.45) is 0 Å². The SMILES string of the molecule is CCC(C)(CO)NC(C)C(=O)N1CCCCCC1. The van der Waals surface area contributed by atoms with Gasteiger partial charge in [0.2, 0.25) is 5.91 Å². The second-order valence-corrected chi connectivity index (χ2v) is 5.68. The molecule has 1 rings (SSSR count). The van der Waals surface area contributed by atoms with Crippen molar-refractivity contribution >= 4 is 5.91 Å². The number of rotatable bonds is 5.